The molecule has 0 spiro atoms. The molecule has 0 heterocycles. The van der Waals surface area contributed by atoms with E-state index in [0.29, 0.717) is 11.6 Å². The van der Waals surface area contributed by atoms with Gasteiger partial charge in [0, 0.05) is 18.2 Å². The van der Waals surface area contributed by atoms with E-state index < -0.39 is 0 Å². The first-order valence-electron chi connectivity index (χ1n) is 3.19. The maximum atomic E-state index is 8.66. The standard InChI is InChI=1S/C7H11NO/c8-7-3-1-6(5-9)2-4-7/h1,3,6,8-9H,2,4-5H2. The summed E-state index contributed by atoms with van der Waals surface area (Å²) in [6, 6.07) is 0. The average Bonchev–Trinajstić information content (AvgIpc) is 1.90. The van der Waals surface area contributed by atoms with Crippen LogP contribution in [0.5, 0.6) is 0 Å². The van der Waals surface area contributed by atoms with Crippen molar-refractivity contribution in [1.29, 1.82) is 5.41 Å². The van der Waals surface area contributed by atoms with Gasteiger partial charge in [-0.15, -0.1) is 0 Å². The molecule has 2 nitrogen and oxygen atoms in total. The van der Waals surface area contributed by atoms with Crippen molar-refractivity contribution < 1.29 is 5.11 Å². The molecule has 1 aliphatic rings. The molecule has 9 heavy (non-hydrogen) atoms. The Morgan fingerprint density at radius 2 is 2.56 bits per heavy atom. The lowest BCUT2D eigenvalue weighted by atomic mass is 9.96. The van der Waals surface area contributed by atoms with Gasteiger partial charge in [-0.1, -0.05) is 6.08 Å². The van der Waals surface area contributed by atoms with Crippen LogP contribution in [0.1, 0.15) is 12.8 Å². The lowest BCUT2D eigenvalue weighted by Crippen LogP contribution is -2.10. The molecular formula is C7H11NO. The van der Waals surface area contributed by atoms with Gasteiger partial charge in [0.15, 0.2) is 0 Å². The van der Waals surface area contributed by atoms with Crippen molar-refractivity contribution in [3.05, 3.63) is 12.2 Å². The number of aliphatic hydroxyl groups excluding tert-OH is 1. The maximum Gasteiger partial charge on any atom is 0.0494 e. The van der Waals surface area contributed by atoms with Crippen molar-refractivity contribution in [3.8, 4) is 0 Å². The Balaban J connectivity index is 2.48. The van der Waals surface area contributed by atoms with E-state index in [0.717, 1.165) is 12.8 Å². The number of rotatable bonds is 1. The van der Waals surface area contributed by atoms with Gasteiger partial charge in [0.2, 0.25) is 0 Å². The first-order valence-corrected chi connectivity index (χ1v) is 3.19. The Kier molecular flexibility index (Phi) is 2.01. The van der Waals surface area contributed by atoms with Gasteiger partial charge in [0.05, 0.1) is 0 Å². The van der Waals surface area contributed by atoms with Gasteiger partial charge in [0.25, 0.3) is 0 Å². The molecular weight excluding hydrogens is 114 g/mol. The van der Waals surface area contributed by atoms with Crippen LogP contribution < -0.4 is 0 Å². The Hall–Kier alpha value is -0.630. The van der Waals surface area contributed by atoms with Gasteiger partial charge in [-0.3, -0.25) is 0 Å². The van der Waals surface area contributed by atoms with Gasteiger partial charge in [-0.25, -0.2) is 0 Å². The molecule has 0 aliphatic heterocycles. The number of hydrogen-bond donors (Lipinski definition) is 2. The van der Waals surface area contributed by atoms with Crippen molar-refractivity contribution in [3.63, 3.8) is 0 Å². The largest absolute Gasteiger partial charge is 0.396 e. The summed E-state index contributed by atoms with van der Waals surface area (Å²) in [5, 5.41) is 15.8. The first kappa shape index (κ1) is 6.49. The maximum absolute atomic E-state index is 8.66. The predicted molar refractivity (Wildman–Crippen MR) is 36.7 cm³/mol. The van der Waals surface area contributed by atoms with Crippen molar-refractivity contribution in [1.82, 2.24) is 0 Å². The number of nitrogens with one attached hydrogen (secondary N) is 1. The predicted octanol–water partition coefficient (Wildman–Crippen LogP) is 0.965. The van der Waals surface area contributed by atoms with Gasteiger partial charge in [-0.05, 0) is 18.9 Å². The van der Waals surface area contributed by atoms with E-state index in [2.05, 4.69) is 0 Å². The van der Waals surface area contributed by atoms with Gasteiger partial charge < -0.3 is 10.5 Å². The summed E-state index contributed by atoms with van der Waals surface area (Å²) in [6.45, 7) is 0.226. The molecule has 50 valence electrons. The Morgan fingerprint density at radius 1 is 1.78 bits per heavy atom. The summed E-state index contributed by atoms with van der Waals surface area (Å²) in [5.41, 5.74) is 0.680. The summed E-state index contributed by atoms with van der Waals surface area (Å²) in [5.74, 6) is 0.305. The highest BCUT2D eigenvalue weighted by Gasteiger charge is 2.08. The summed E-state index contributed by atoms with van der Waals surface area (Å²) < 4.78 is 0. The minimum Gasteiger partial charge on any atom is -0.396 e. The molecule has 2 heteroatoms. The molecule has 1 aliphatic carbocycles. The fraction of sp³-hybridized carbons (Fsp3) is 0.571. The van der Waals surface area contributed by atoms with Crippen LogP contribution in [0.15, 0.2) is 12.2 Å². The zero-order chi connectivity index (χ0) is 6.69. The van der Waals surface area contributed by atoms with E-state index in [1.165, 1.54) is 0 Å². The molecule has 0 radical (unpaired) electrons. The van der Waals surface area contributed by atoms with Crippen LogP contribution in [-0.4, -0.2) is 17.4 Å². The van der Waals surface area contributed by atoms with E-state index in [9.17, 15) is 0 Å². The zero-order valence-corrected chi connectivity index (χ0v) is 5.30. The van der Waals surface area contributed by atoms with Crippen LogP contribution in [0.3, 0.4) is 0 Å². The molecule has 1 rings (SSSR count). The van der Waals surface area contributed by atoms with Crippen molar-refractivity contribution >= 4 is 5.71 Å². The minimum atomic E-state index is 0.226. The molecule has 1 unspecified atom stereocenters. The van der Waals surface area contributed by atoms with E-state index in [1.54, 1.807) is 6.08 Å². The molecule has 0 aromatic heterocycles. The second-order valence-electron chi connectivity index (χ2n) is 2.37. The Morgan fingerprint density at radius 3 is 3.00 bits per heavy atom. The van der Waals surface area contributed by atoms with Crippen LogP contribution in [-0.2, 0) is 0 Å². The van der Waals surface area contributed by atoms with E-state index in [1.807, 2.05) is 6.08 Å². The average molecular weight is 125 g/mol. The molecule has 2 N–H and O–H groups in total. The third-order valence-corrected chi connectivity index (χ3v) is 1.59. The quantitative estimate of drug-likeness (QED) is 0.538. The minimum absolute atomic E-state index is 0.226. The number of aliphatic hydroxyl groups is 1. The Bertz CT molecular complexity index is 140. The second kappa shape index (κ2) is 2.78. The highest BCUT2D eigenvalue weighted by atomic mass is 16.3. The third kappa shape index (κ3) is 1.64. The van der Waals surface area contributed by atoms with Crippen molar-refractivity contribution in [2.45, 2.75) is 12.8 Å². The van der Waals surface area contributed by atoms with E-state index in [-0.39, 0.29) is 6.61 Å². The van der Waals surface area contributed by atoms with E-state index >= 15 is 0 Å². The molecule has 0 bridgehead atoms. The van der Waals surface area contributed by atoms with Crippen LogP contribution in [0, 0.1) is 11.3 Å². The van der Waals surface area contributed by atoms with Crippen molar-refractivity contribution in [2.75, 3.05) is 6.61 Å². The smallest absolute Gasteiger partial charge is 0.0494 e. The van der Waals surface area contributed by atoms with Crippen molar-refractivity contribution in [2.24, 2.45) is 5.92 Å². The summed E-state index contributed by atoms with van der Waals surface area (Å²) in [6.07, 6.45) is 5.45. The highest BCUT2D eigenvalue weighted by Crippen LogP contribution is 2.13. The zero-order valence-electron chi connectivity index (χ0n) is 5.30. The van der Waals surface area contributed by atoms with Crippen LogP contribution in [0.25, 0.3) is 0 Å². The Labute approximate surface area is 54.7 Å². The lowest BCUT2D eigenvalue weighted by molar-refractivity contribution is 0.246. The van der Waals surface area contributed by atoms with E-state index in [4.69, 9.17) is 10.5 Å². The monoisotopic (exact) mass is 125 g/mol. The summed E-state index contributed by atoms with van der Waals surface area (Å²) in [4.78, 5) is 0. The molecule has 1 atom stereocenters. The van der Waals surface area contributed by atoms with Crippen LogP contribution in [0.2, 0.25) is 0 Å². The molecule has 0 amide bonds. The second-order valence-corrected chi connectivity index (χ2v) is 2.37. The molecule has 0 aromatic carbocycles. The fourth-order valence-corrected chi connectivity index (χ4v) is 0.925. The van der Waals surface area contributed by atoms with Crippen LogP contribution >= 0.6 is 0 Å². The SMILES string of the molecule is N=C1C=CC(CO)CC1. The van der Waals surface area contributed by atoms with Gasteiger partial charge >= 0.3 is 0 Å². The summed E-state index contributed by atoms with van der Waals surface area (Å²) >= 11 is 0. The lowest BCUT2D eigenvalue weighted by Gasteiger charge is -2.12. The third-order valence-electron chi connectivity index (χ3n) is 1.59. The van der Waals surface area contributed by atoms with Gasteiger partial charge in [-0.2, -0.15) is 0 Å². The topological polar surface area (TPSA) is 44.1 Å². The molecule has 0 fully saturated rings. The molecule has 0 saturated carbocycles. The molecule has 0 aromatic rings. The number of hydrogen-bond acceptors (Lipinski definition) is 2. The normalized spacial score (nSPS) is 26.8. The highest BCUT2D eigenvalue weighted by molar-refractivity contribution is 5.92. The first-order chi connectivity index (χ1) is 4.33. The van der Waals surface area contributed by atoms with Crippen LogP contribution in [0.4, 0.5) is 0 Å². The number of allylic oxidation sites excluding steroid dienone is 1. The van der Waals surface area contributed by atoms with Gasteiger partial charge in [0.1, 0.15) is 0 Å². The molecule has 0 saturated heterocycles. The summed E-state index contributed by atoms with van der Waals surface area (Å²) in [7, 11) is 0. The fourth-order valence-electron chi connectivity index (χ4n) is 0.925.